The number of ether oxygens (including phenoxy) is 1. The topological polar surface area (TPSA) is 41.5 Å². The number of rotatable bonds is 6. The summed E-state index contributed by atoms with van der Waals surface area (Å²) in [6.45, 7) is 5.19. The van der Waals surface area contributed by atoms with Crippen LogP contribution in [-0.2, 0) is 0 Å². The lowest BCUT2D eigenvalue weighted by Crippen LogP contribution is -2.51. The van der Waals surface area contributed by atoms with Crippen LogP contribution in [0.15, 0.2) is 24.3 Å². The zero-order valence-electron chi connectivity index (χ0n) is 11.3. The van der Waals surface area contributed by atoms with Crippen molar-refractivity contribution in [3.8, 4) is 5.75 Å². The quantitative estimate of drug-likeness (QED) is 0.812. The second kappa shape index (κ2) is 5.72. The highest BCUT2D eigenvalue weighted by molar-refractivity contribution is 5.26. The predicted octanol–water partition coefficient (Wildman–Crippen LogP) is 2.27. The fourth-order valence-corrected chi connectivity index (χ4v) is 2.13. The van der Waals surface area contributed by atoms with E-state index < -0.39 is 6.10 Å². The van der Waals surface area contributed by atoms with Crippen LogP contribution in [0.3, 0.4) is 0 Å². The molecule has 0 spiro atoms. The molecule has 0 saturated heterocycles. The average molecular weight is 249 g/mol. The minimum atomic E-state index is -0.455. The number of hydrogen-bond donors (Lipinski definition) is 2. The van der Waals surface area contributed by atoms with Crippen LogP contribution in [0, 0.1) is 6.92 Å². The van der Waals surface area contributed by atoms with E-state index in [-0.39, 0.29) is 5.54 Å². The van der Waals surface area contributed by atoms with Gasteiger partial charge in [0.2, 0.25) is 0 Å². The van der Waals surface area contributed by atoms with Gasteiger partial charge in [-0.2, -0.15) is 0 Å². The Kier molecular flexibility index (Phi) is 4.25. The molecule has 1 fully saturated rings. The van der Waals surface area contributed by atoms with Gasteiger partial charge in [0.15, 0.2) is 0 Å². The number of nitrogens with one attached hydrogen (secondary N) is 1. The van der Waals surface area contributed by atoms with Gasteiger partial charge >= 0.3 is 0 Å². The number of aliphatic hydroxyl groups excluding tert-OH is 1. The molecule has 1 aromatic carbocycles. The highest BCUT2D eigenvalue weighted by Gasteiger charge is 2.31. The Hall–Kier alpha value is -1.06. The zero-order valence-corrected chi connectivity index (χ0v) is 11.3. The molecule has 2 N–H and O–H groups in total. The molecule has 1 saturated carbocycles. The normalized spacial score (nSPS) is 19.1. The van der Waals surface area contributed by atoms with Crippen molar-refractivity contribution in [2.24, 2.45) is 0 Å². The SMILES string of the molecule is Cc1ccc(OCC(O)CNC2(C)CCC2)cc1. The summed E-state index contributed by atoms with van der Waals surface area (Å²) in [5.74, 6) is 0.814. The number of aliphatic hydroxyl groups is 1. The van der Waals surface area contributed by atoms with Gasteiger partial charge in [-0.15, -0.1) is 0 Å². The van der Waals surface area contributed by atoms with Crippen molar-refractivity contribution in [2.45, 2.75) is 44.8 Å². The van der Waals surface area contributed by atoms with E-state index in [4.69, 9.17) is 4.74 Å². The fourth-order valence-electron chi connectivity index (χ4n) is 2.13. The van der Waals surface area contributed by atoms with Gasteiger partial charge in [0, 0.05) is 12.1 Å². The largest absolute Gasteiger partial charge is 0.491 e. The van der Waals surface area contributed by atoms with Crippen LogP contribution in [0.5, 0.6) is 5.75 Å². The third kappa shape index (κ3) is 3.72. The maximum atomic E-state index is 9.86. The van der Waals surface area contributed by atoms with Crippen molar-refractivity contribution in [1.82, 2.24) is 5.32 Å². The molecule has 1 aliphatic rings. The van der Waals surface area contributed by atoms with Crippen LogP contribution < -0.4 is 10.1 Å². The van der Waals surface area contributed by atoms with E-state index in [9.17, 15) is 5.11 Å². The van der Waals surface area contributed by atoms with Gasteiger partial charge < -0.3 is 15.2 Å². The van der Waals surface area contributed by atoms with Crippen molar-refractivity contribution in [1.29, 1.82) is 0 Å². The summed E-state index contributed by atoms with van der Waals surface area (Å²) in [5, 5.41) is 13.3. The lowest BCUT2D eigenvalue weighted by molar-refractivity contribution is 0.0868. The second-order valence-corrected chi connectivity index (χ2v) is 5.57. The number of aryl methyl sites for hydroxylation is 1. The van der Waals surface area contributed by atoms with Crippen LogP contribution >= 0.6 is 0 Å². The molecule has 1 aliphatic carbocycles. The van der Waals surface area contributed by atoms with Gasteiger partial charge in [-0.25, -0.2) is 0 Å². The van der Waals surface area contributed by atoms with Crippen LogP contribution in [0.25, 0.3) is 0 Å². The van der Waals surface area contributed by atoms with Gasteiger partial charge in [-0.3, -0.25) is 0 Å². The molecule has 1 aromatic rings. The van der Waals surface area contributed by atoms with Gasteiger partial charge in [-0.1, -0.05) is 17.7 Å². The Balaban J connectivity index is 1.68. The van der Waals surface area contributed by atoms with Gasteiger partial charge in [0.1, 0.15) is 18.5 Å². The summed E-state index contributed by atoms with van der Waals surface area (Å²) in [5.41, 5.74) is 1.45. The van der Waals surface area contributed by atoms with E-state index in [0.29, 0.717) is 13.2 Å². The fraction of sp³-hybridized carbons (Fsp3) is 0.600. The van der Waals surface area contributed by atoms with E-state index in [1.807, 2.05) is 31.2 Å². The molecular weight excluding hydrogens is 226 g/mol. The standard InChI is InChI=1S/C15H23NO2/c1-12-4-6-14(7-5-12)18-11-13(17)10-16-15(2)8-3-9-15/h4-7,13,16-17H,3,8-11H2,1-2H3. The molecule has 3 nitrogen and oxygen atoms in total. The Morgan fingerprint density at radius 2 is 2.00 bits per heavy atom. The molecule has 3 heteroatoms. The first kappa shape index (κ1) is 13.4. The number of hydrogen-bond acceptors (Lipinski definition) is 3. The molecule has 0 radical (unpaired) electrons. The van der Waals surface area contributed by atoms with Crippen LogP contribution in [0.2, 0.25) is 0 Å². The van der Waals surface area contributed by atoms with Gasteiger partial charge in [0.25, 0.3) is 0 Å². The van der Waals surface area contributed by atoms with Crippen LogP contribution in [0.4, 0.5) is 0 Å². The smallest absolute Gasteiger partial charge is 0.119 e. The highest BCUT2D eigenvalue weighted by Crippen LogP contribution is 2.30. The molecule has 0 aromatic heterocycles. The van der Waals surface area contributed by atoms with E-state index in [2.05, 4.69) is 12.2 Å². The lowest BCUT2D eigenvalue weighted by atomic mass is 9.78. The molecule has 100 valence electrons. The molecule has 2 rings (SSSR count). The molecule has 0 heterocycles. The number of benzene rings is 1. The molecular formula is C15H23NO2. The Bertz CT molecular complexity index is 371. The first-order valence-electron chi connectivity index (χ1n) is 6.70. The third-order valence-corrected chi connectivity index (χ3v) is 3.68. The van der Waals surface area contributed by atoms with E-state index >= 15 is 0 Å². The average Bonchev–Trinajstić information content (AvgIpc) is 2.33. The van der Waals surface area contributed by atoms with Crippen molar-refractivity contribution >= 4 is 0 Å². The monoisotopic (exact) mass is 249 g/mol. The van der Waals surface area contributed by atoms with E-state index in [0.717, 1.165) is 5.75 Å². The minimum Gasteiger partial charge on any atom is -0.491 e. The van der Waals surface area contributed by atoms with Crippen LogP contribution in [0.1, 0.15) is 31.7 Å². The predicted molar refractivity (Wildman–Crippen MR) is 72.9 cm³/mol. The third-order valence-electron chi connectivity index (χ3n) is 3.68. The van der Waals surface area contributed by atoms with Gasteiger partial charge in [-0.05, 0) is 45.2 Å². The molecule has 0 bridgehead atoms. The van der Waals surface area contributed by atoms with Gasteiger partial charge in [0.05, 0.1) is 0 Å². The van der Waals surface area contributed by atoms with E-state index in [1.54, 1.807) is 0 Å². The van der Waals surface area contributed by atoms with Crippen molar-refractivity contribution in [3.05, 3.63) is 29.8 Å². The number of β-amino-alcohol motifs (C(OH)–C–C–N with tert-alkyl or cyclic N) is 1. The van der Waals surface area contributed by atoms with Crippen LogP contribution in [-0.4, -0.2) is 29.9 Å². The Morgan fingerprint density at radius 1 is 1.33 bits per heavy atom. The molecule has 1 atom stereocenters. The van der Waals surface area contributed by atoms with Crippen molar-refractivity contribution in [2.75, 3.05) is 13.2 Å². The maximum absolute atomic E-state index is 9.86. The Labute approximate surface area is 109 Å². The maximum Gasteiger partial charge on any atom is 0.119 e. The Morgan fingerprint density at radius 3 is 2.56 bits per heavy atom. The highest BCUT2D eigenvalue weighted by atomic mass is 16.5. The lowest BCUT2D eigenvalue weighted by Gasteiger charge is -2.40. The summed E-state index contributed by atoms with van der Waals surface area (Å²) < 4.78 is 5.55. The van der Waals surface area contributed by atoms with Crippen molar-refractivity contribution < 1.29 is 9.84 Å². The summed E-state index contributed by atoms with van der Waals surface area (Å²) in [6, 6.07) is 7.89. The summed E-state index contributed by atoms with van der Waals surface area (Å²) in [7, 11) is 0. The molecule has 18 heavy (non-hydrogen) atoms. The molecule has 1 unspecified atom stereocenters. The zero-order chi connectivity index (χ0) is 13.0. The summed E-state index contributed by atoms with van der Waals surface area (Å²) in [4.78, 5) is 0. The first-order chi connectivity index (χ1) is 8.57. The second-order valence-electron chi connectivity index (χ2n) is 5.57. The molecule has 0 aliphatic heterocycles. The first-order valence-corrected chi connectivity index (χ1v) is 6.70. The molecule has 0 amide bonds. The van der Waals surface area contributed by atoms with E-state index in [1.165, 1.54) is 24.8 Å². The minimum absolute atomic E-state index is 0.241. The summed E-state index contributed by atoms with van der Waals surface area (Å²) >= 11 is 0. The summed E-state index contributed by atoms with van der Waals surface area (Å²) in [6.07, 6.45) is 3.25. The van der Waals surface area contributed by atoms with Crippen molar-refractivity contribution in [3.63, 3.8) is 0 Å².